The van der Waals surface area contributed by atoms with Crippen LogP contribution in [-0.2, 0) is 6.61 Å². The van der Waals surface area contributed by atoms with Crippen molar-refractivity contribution in [3.05, 3.63) is 83.4 Å². The van der Waals surface area contributed by atoms with E-state index < -0.39 is 0 Å². The van der Waals surface area contributed by atoms with Crippen molar-refractivity contribution >= 4 is 18.2 Å². The summed E-state index contributed by atoms with van der Waals surface area (Å²) in [6, 6.07) is 20.4. The lowest BCUT2D eigenvalue weighted by molar-refractivity contribution is 0.112. The van der Waals surface area contributed by atoms with Gasteiger partial charge in [-0.05, 0) is 54.1 Å². The first-order chi connectivity index (χ1) is 14.2. The summed E-state index contributed by atoms with van der Waals surface area (Å²) < 4.78 is 16.7. The standard InChI is InChI=1S/C23H22N2O4/c1-27-21-10-9-18(15-26)12-19(21)16-29-22-11-8-17(13-23(22)28-2)14-24-25-20-6-4-3-5-7-20/h3-15,25H,16H2,1-2H3. The van der Waals surface area contributed by atoms with E-state index in [1.807, 2.05) is 48.5 Å². The topological polar surface area (TPSA) is 69.2 Å². The Kier molecular flexibility index (Phi) is 6.84. The molecule has 3 rings (SSSR count). The molecule has 0 amide bonds. The van der Waals surface area contributed by atoms with Gasteiger partial charge >= 0.3 is 0 Å². The zero-order valence-electron chi connectivity index (χ0n) is 16.3. The molecule has 0 aliphatic heterocycles. The molecule has 29 heavy (non-hydrogen) atoms. The predicted molar refractivity (Wildman–Crippen MR) is 113 cm³/mol. The highest BCUT2D eigenvalue weighted by Crippen LogP contribution is 2.30. The Balaban J connectivity index is 1.70. The summed E-state index contributed by atoms with van der Waals surface area (Å²) in [4.78, 5) is 11.0. The Morgan fingerprint density at radius 3 is 2.31 bits per heavy atom. The molecule has 0 saturated heterocycles. The highest BCUT2D eigenvalue weighted by molar-refractivity contribution is 5.81. The molecule has 0 atom stereocenters. The quantitative estimate of drug-likeness (QED) is 0.330. The number of hydrazone groups is 1. The highest BCUT2D eigenvalue weighted by Gasteiger charge is 2.09. The van der Waals surface area contributed by atoms with E-state index >= 15 is 0 Å². The summed E-state index contributed by atoms with van der Waals surface area (Å²) in [5, 5.41) is 4.23. The Morgan fingerprint density at radius 1 is 0.862 bits per heavy atom. The van der Waals surface area contributed by atoms with Gasteiger partial charge in [0.15, 0.2) is 11.5 Å². The number of rotatable bonds is 9. The maximum absolute atomic E-state index is 11.0. The van der Waals surface area contributed by atoms with Crippen LogP contribution in [0.15, 0.2) is 71.8 Å². The van der Waals surface area contributed by atoms with Crippen molar-refractivity contribution in [2.24, 2.45) is 5.10 Å². The van der Waals surface area contributed by atoms with E-state index in [-0.39, 0.29) is 6.61 Å². The van der Waals surface area contributed by atoms with Crippen LogP contribution in [0.5, 0.6) is 17.2 Å². The first kappa shape index (κ1) is 19.9. The van der Waals surface area contributed by atoms with Crippen molar-refractivity contribution in [2.45, 2.75) is 6.61 Å². The molecule has 0 fully saturated rings. The van der Waals surface area contributed by atoms with Crippen LogP contribution in [0.25, 0.3) is 0 Å². The molecule has 0 heterocycles. The molecule has 3 aromatic carbocycles. The van der Waals surface area contributed by atoms with Gasteiger partial charge in [-0.25, -0.2) is 0 Å². The van der Waals surface area contributed by atoms with Gasteiger partial charge in [-0.2, -0.15) is 5.10 Å². The van der Waals surface area contributed by atoms with Gasteiger partial charge in [-0.15, -0.1) is 0 Å². The zero-order chi connectivity index (χ0) is 20.5. The maximum Gasteiger partial charge on any atom is 0.161 e. The number of nitrogens with one attached hydrogen (secondary N) is 1. The van der Waals surface area contributed by atoms with Crippen LogP contribution < -0.4 is 19.6 Å². The Hall–Kier alpha value is -3.80. The van der Waals surface area contributed by atoms with E-state index in [1.54, 1.807) is 38.6 Å². The van der Waals surface area contributed by atoms with E-state index in [2.05, 4.69) is 10.5 Å². The van der Waals surface area contributed by atoms with Crippen molar-refractivity contribution in [1.82, 2.24) is 0 Å². The number of methoxy groups -OCH3 is 2. The molecule has 0 aromatic heterocycles. The Morgan fingerprint density at radius 2 is 1.59 bits per heavy atom. The highest BCUT2D eigenvalue weighted by atomic mass is 16.5. The van der Waals surface area contributed by atoms with Gasteiger partial charge in [0, 0.05) is 11.1 Å². The summed E-state index contributed by atoms with van der Waals surface area (Å²) in [5.74, 6) is 1.82. The van der Waals surface area contributed by atoms with E-state index in [0.717, 1.165) is 23.1 Å². The molecular formula is C23H22N2O4. The minimum atomic E-state index is 0.240. The van der Waals surface area contributed by atoms with E-state index in [4.69, 9.17) is 14.2 Å². The normalized spacial score (nSPS) is 10.6. The second-order valence-electron chi connectivity index (χ2n) is 6.12. The minimum Gasteiger partial charge on any atom is -0.496 e. The number of ether oxygens (including phenoxy) is 3. The Bertz CT molecular complexity index is 987. The van der Waals surface area contributed by atoms with Crippen molar-refractivity contribution in [3.8, 4) is 17.2 Å². The Labute approximate surface area is 169 Å². The minimum absolute atomic E-state index is 0.240. The van der Waals surface area contributed by atoms with E-state index in [9.17, 15) is 4.79 Å². The zero-order valence-corrected chi connectivity index (χ0v) is 16.3. The number of carbonyl (C=O) groups is 1. The average Bonchev–Trinajstić information content (AvgIpc) is 2.78. The molecule has 0 spiro atoms. The summed E-state index contributed by atoms with van der Waals surface area (Å²) in [6.07, 6.45) is 2.50. The van der Waals surface area contributed by atoms with Gasteiger partial charge < -0.3 is 14.2 Å². The molecule has 0 bridgehead atoms. The summed E-state index contributed by atoms with van der Waals surface area (Å²) in [7, 11) is 3.16. The lowest BCUT2D eigenvalue weighted by atomic mass is 10.1. The second-order valence-corrected chi connectivity index (χ2v) is 6.12. The second kappa shape index (κ2) is 9.94. The lowest BCUT2D eigenvalue weighted by Gasteiger charge is -2.13. The molecule has 0 saturated carbocycles. The predicted octanol–water partition coefficient (Wildman–Crippen LogP) is 4.54. The summed E-state index contributed by atoms with van der Waals surface area (Å²) in [6.45, 7) is 0.240. The third-order valence-electron chi connectivity index (χ3n) is 4.19. The molecule has 148 valence electrons. The van der Waals surface area contributed by atoms with Crippen molar-refractivity contribution < 1.29 is 19.0 Å². The number of benzene rings is 3. The van der Waals surface area contributed by atoms with Crippen molar-refractivity contribution in [2.75, 3.05) is 19.6 Å². The van der Waals surface area contributed by atoms with Crippen LogP contribution in [0.3, 0.4) is 0 Å². The molecular weight excluding hydrogens is 368 g/mol. The van der Waals surface area contributed by atoms with Crippen molar-refractivity contribution in [1.29, 1.82) is 0 Å². The van der Waals surface area contributed by atoms with Gasteiger partial charge in [-0.3, -0.25) is 10.2 Å². The van der Waals surface area contributed by atoms with Crippen LogP contribution in [0.1, 0.15) is 21.5 Å². The number of aldehydes is 1. The van der Waals surface area contributed by atoms with Gasteiger partial charge in [0.2, 0.25) is 0 Å². The van der Waals surface area contributed by atoms with Crippen LogP contribution in [-0.4, -0.2) is 26.7 Å². The molecule has 0 aliphatic rings. The summed E-state index contributed by atoms with van der Waals surface area (Å²) >= 11 is 0. The third-order valence-corrected chi connectivity index (χ3v) is 4.19. The molecule has 0 unspecified atom stereocenters. The number of carbonyl (C=O) groups excluding carboxylic acids is 1. The third kappa shape index (κ3) is 5.35. The molecule has 1 N–H and O–H groups in total. The van der Waals surface area contributed by atoms with Gasteiger partial charge in [0.25, 0.3) is 0 Å². The fourth-order valence-corrected chi connectivity index (χ4v) is 2.72. The van der Waals surface area contributed by atoms with Crippen LogP contribution in [0.2, 0.25) is 0 Å². The van der Waals surface area contributed by atoms with Gasteiger partial charge in [-0.1, -0.05) is 18.2 Å². The van der Waals surface area contributed by atoms with E-state index in [0.29, 0.717) is 22.8 Å². The number of hydrogen-bond donors (Lipinski definition) is 1. The number of hydrogen-bond acceptors (Lipinski definition) is 6. The smallest absolute Gasteiger partial charge is 0.161 e. The average molecular weight is 390 g/mol. The van der Waals surface area contributed by atoms with Crippen LogP contribution in [0, 0.1) is 0 Å². The monoisotopic (exact) mass is 390 g/mol. The molecule has 0 aliphatic carbocycles. The number of nitrogens with zero attached hydrogens (tertiary/aromatic N) is 1. The molecule has 0 radical (unpaired) electrons. The summed E-state index contributed by atoms with van der Waals surface area (Å²) in [5.41, 5.74) is 6.07. The van der Waals surface area contributed by atoms with Gasteiger partial charge in [0.05, 0.1) is 26.1 Å². The lowest BCUT2D eigenvalue weighted by Crippen LogP contribution is -2.01. The maximum atomic E-state index is 11.0. The van der Waals surface area contributed by atoms with E-state index in [1.165, 1.54) is 0 Å². The van der Waals surface area contributed by atoms with Gasteiger partial charge in [0.1, 0.15) is 18.6 Å². The van der Waals surface area contributed by atoms with Crippen molar-refractivity contribution in [3.63, 3.8) is 0 Å². The molecule has 3 aromatic rings. The number of anilines is 1. The largest absolute Gasteiger partial charge is 0.496 e. The first-order valence-corrected chi connectivity index (χ1v) is 9.00. The fourth-order valence-electron chi connectivity index (χ4n) is 2.72. The fraction of sp³-hybridized carbons (Fsp3) is 0.130. The van der Waals surface area contributed by atoms with Crippen LogP contribution >= 0.6 is 0 Å². The van der Waals surface area contributed by atoms with Crippen LogP contribution in [0.4, 0.5) is 5.69 Å². The first-order valence-electron chi connectivity index (χ1n) is 9.00. The molecule has 6 heteroatoms. The number of para-hydroxylation sites is 1. The SMILES string of the molecule is COc1ccc(C=O)cc1COc1ccc(C=NNc2ccccc2)cc1OC. The molecule has 6 nitrogen and oxygen atoms in total.